The van der Waals surface area contributed by atoms with Gasteiger partial charge in [-0.15, -0.1) is 0 Å². The number of nitrogens with zero attached hydrogens (tertiary/aromatic N) is 1. The first-order valence-corrected chi connectivity index (χ1v) is 6.69. The molecule has 1 aromatic carbocycles. The van der Waals surface area contributed by atoms with E-state index in [1.807, 2.05) is 26.8 Å². The van der Waals surface area contributed by atoms with Crippen molar-refractivity contribution in [1.82, 2.24) is 9.97 Å². The zero-order chi connectivity index (χ0) is 14.2. The fraction of sp³-hybridized carbons (Fsp3) is 0.333. The van der Waals surface area contributed by atoms with Crippen LogP contribution in [0.4, 0.5) is 4.39 Å². The zero-order valence-electron chi connectivity index (χ0n) is 11.5. The molecule has 0 saturated carbocycles. The highest BCUT2D eigenvalue weighted by atomic mass is 32.1. The van der Waals surface area contributed by atoms with Gasteiger partial charge in [0.2, 0.25) is 0 Å². The molecule has 0 spiro atoms. The van der Waals surface area contributed by atoms with Crippen LogP contribution in [0.3, 0.4) is 0 Å². The Bertz CT molecular complexity index is 674. The van der Waals surface area contributed by atoms with Crippen molar-refractivity contribution >= 4 is 12.2 Å². The Balaban J connectivity index is 2.75. The number of rotatable bonds is 2. The van der Waals surface area contributed by atoms with Crippen molar-refractivity contribution in [2.75, 3.05) is 0 Å². The van der Waals surface area contributed by atoms with Crippen molar-refractivity contribution in [2.24, 2.45) is 0 Å². The lowest BCUT2D eigenvalue weighted by Gasteiger charge is -2.13. The van der Waals surface area contributed by atoms with Crippen LogP contribution in [0.15, 0.2) is 18.2 Å². The highest BCUT2D eigenvalue weighted by molar-refractivity contribution is 7.71. The van der Waals surface area contributed by atoms with Crippen LogP contribution < -0.4 is 0 Å². The second-order valence-corrected chi connectivity index (χ2v) is 5.38. The van der Waals surface area contributed by atoms with Gasteiger partial charge in [0, 0.05) is 17.0 Å². The molecule has 100 valence electrons. The van der Waals surface area contributed by atoms with Crippen molar-refractivity contribution in [2.45, 2.75) is 33.6 Å². The second kappa shape index (κ2) is 5.21. The minimum absolute atomic E-state index is 0.209. The van der Waals surface area contributed by atoms with Gasteiger partial charge in [-0.2, -0.15) is 0 Å². The number of benzene rings is 1. The number of aromatic amines is 1. The molecule has 1 heterocycles. The molecular weight excluding hydrogens is 259 g/mol. The summed E-state index contributed by atoms with van der Waals surface area (Å²) < 4.78 is 14.3. The van der Waals surface area contributed by atoms with Crippen LogP contribution >= 0.6 is 12.2 Å². The third-order valence-electron chi connectivity index (χ3n) is 3.25. The Labute approximate surface area is 117 Å². The van der Waals surface area contributed by atoms with Gasteiger partial charge in [0.15, 0.2) is 0 Å². The molecule has 0 amide bonds. The molecule has 1 aromatic heterocycles. The van der Waals surface area contributed by atoms with Gasteiger partial charge in [0.1, 0.15) is 16.3 Å². The Morgan fingerprint density at radius 2 is 1.89 bits per heavy atom. The summed E-state index contributed by atoms with van der Waals surface area (Å²) in [5.74, 6) is 0.864. The molecule has 0 fully saturated rings. The molecule has 0 aliphatic rings. The molecule has 0 bridgehead atoms. The van der Waals surface area contributed by atoms with E-state index in [4.69, 9.17) is 12.2 Å². The highest BCUT2D eigenvalue weighted by Crippen LogP contribution is 2.27. The third-order valence-corrected chi connectivity index (χ3v) is 3.65. The van der Waals surface area contributed by atoms with E-state index in [1.54, 1.807) is 13.0 Å². The van der Waals surface area contributed by atoms with Crippen LogP contribution in [0, 0.1) is 24.3 Å². The first-order chi connectivity index (χ1) is 8.91. The molecule has 0 atom stereocenters. The Morgan fingerprint density at radius 3 is 2.53 bits per heavy atom. The average Bonchev–Trinajstić information content (AvgIpc) is 2.36. The number of H-pyrrole nitrogens is 1. The zero-order valence-corrected chi connectivity index (χ0v) is 12.4. The standard InChI is InChI=1S/C15H17FN2S/c1-8(2)14-17-13(10(4)15(19)18-14)11-6-5-7-12(16)9(11)3/h5-8H,1-4H3,(H,17,18,19). The summed E-state index contributed by atoms with van der Waals surface area (Å²) in [6.07, 6.45) is 0. The Kier molecular flexibility index (Phi) is 3.80. The molecule has 2 rings (SSSR count). The van der Waals surface area contributed by atoms with E-state index in [2.05, 4.69) is 9.97 Å². The van der Waals surface area contributed by atoms with Crippen LogP contribution in [-0.4, -0.2) is 9.97 Å². The summed E-state index contributed by atoms with van der Waals surface area (Å²) in [6.45, 7) is 7.78. The molecule has 0 aliphatic heterocycles. The molecular formula is C15H17FN2S. The van der Waals surface area contributed by atoms with Crippen LogP contribution in [0.5, 0.6) is 0 Å². The molecule has 0 aliphatic carbocycles. The first-order valence-electron chi connectivity index (χ1n) is 6.28. The van der Waals surface area contributed by atoms with Gasteiger partial charge in [-0.1, -0.05) is 38.2 Å². The van der Waals surface area contributed by atoms with Gasteiger partial charge in [-0.05, 0) is 25.5 Å². The summed E-state index contributed by atoms with van der Waals surface area (Å²) in [5, 5.41) is 0. The maximum atomic E-state index is 13.7. The van der Waals surface area contributed by atoms with Gasteiger partial charge in [-0.3, -0.25) is 0 Å². The topological polar surface area (TPSA) is 28.7 Å². The number of aromatic nitrogens is 2. The van der Waals surface area contributed by atoms with E-state index < -0.39 is 0 Å². The van der Waals surface area contributed by atoms with Crippen LogP contribution in [0.25, 0.3) is 11.3 Å². The highest BCUT2D eigenvalue weighted by Gasteiger charge is 2.13. The van der Waals surface area contributed by atoms with Crippen molar-refractivity contribution in [3.05, 3.63) is 45.6 Å². The summed E-state index contributed by atoms with van der Waals surface area (Å²) in [7, 11) is 0. The summed E-state index contributed by atoms with van der Waals surface area (Å²) in [6, 6.07) is 5.08. The maximum Gasteiger partial charge on any atom is 0.133 e. The number of nitrogens with one attached hydrogen (secondary N) is 1. The van der Waals surface area contributed by atoms with Crippen molar-refractivity contribution in [3.63, 3.8) is 0 Å². The summed E-state index contributed by atoms with van der Waals surface area (Å²) in [4.78, 5) is 7.67. The molecule has 4 heteroatoms. The van der Waals surface area contributed by atoms with Gasteiger partial charge >= 0.3 is 0 Å². The predicted molar refractivity (Wildman–Crippen MR) is 78.4 cm³/mol. The van der Waals surface area contributed by atoms with Crippen molar-refractivity contribution in [1.29, 1.82) is 0 Å². The molecule has 0 radical (unpaired) electrons. The minimum Gasteiger partial charge on any atom is -0.343 e. The van der Waals surface area contributed by atoms with E-state index in [1.165, 1.54) is 6.07 Å². The smallest absolute Gasteiger partial charge is 0.133 e. The number of hydrogen-bond acceptors (Lipinski definition) is 2. The third kappa shape index (κ3) is 2.59. The predicted octanol–water partition coefficient (Wildman–Crippen LogP) is 4.69. The van der Waals surface area contributed by atoms with Crippen molar-refractivity contribution in [3.8, 4) is 11.3 Å². The van der Waals surface area contributed by atoms with Crippen LogP contribution in [-0.2, 0) is 0 Å². The quantitative estimate of drug-likeness (QED) is 0.806. The van der Waals surface area contributed by atoms with Gasteiger partial charge < -0.3 is 4.98 Å². The fourth-order valence-electron chi connectivity index (χ4n) is 1.97. The van der Waals surface area contributed by atoms with E-state index in [0.717, 1.165) is 22.6 Å². The van der Waals surface area contributed by atoms with Gasteiger partial charge in [0.05, 0.1) is 5.69 Å². The number of hydrogen-bond donors (Lipinski definition) is 1. The van der Waals surface area contributed by atoms with E-state index in [-0.39, 0.29) is 11.7 Å². The molecule has 2 nitrogen and oxygen atoms in total. The Morgan fingerprint density at radius 1 is 1.21 bits per heavy atom. The minimum atomic E-state index is -0.209. The van der Waals surface area contributed by atoms with E-state index in [9.17, 15) is 4.39 Å². The maximum absolute atomic E-state index is 13.7. The summed E-state index contributed by atoms with van der Waals surface area (Å²) in [5.41, 5.74) is 3.21. The van der Waals surface area contributed by atoms with E-state index in [0.29, 0.717) is 10.2 Å². The lowest BCUT2D eigenvalue weighted by Crippen LogP contribution is -2.03. The average molecular weight is 276 g/mol. The Hall–Kier alpha value is -1.55. The van der Waals surface area contributed by atoms with Crippen LogP contribution in [0.2, 0.25) is 0 Å². The van der Waals surface area contributed by atoms with Crippen LogP contribution in [0.1, 0.15) is 36.7 Å². The summed E-state index contributed by atoms with van der Waals surface area (Å²) >= 11 is 5.30. The molecule has 0 unspecified atom stereocenters. The fourth-order valence-corrected chi connectivity index (χ4v) is 2.17. The molecule has 19 heavy (non-hydrogen) atoms. The van der Waals surface area contributed by atoms with Crippen molar-refractivity contribution < 1.29 is 4.39 Å². The lowest BCUT2D eigenvalue weighted by atomic mass is 10.0. The number of halogens is 1. The van der Waals surface area contributed by atoms with E-state index >= 15 is 0 Å². The monoisotopic (exact) mass is 276 g/mol. The van der Waals surface area contributed by atoms with Gasteiger partial charge in [0.25, 0.3) is 0 Å². The molecule has 0 saturated heterocycles. The normalized spacial score (nSPS) is 11.1. The lowest BCUT2D eigenvalue weighted by molar-refractivity contribution is 0.619. The molecule has 1 N–H and O–H groups in total. The molecule has 2 aromatic rings. The second-order valence-electron chi connectivity index (χ2n) is 4.99. The largest absolute Gasteiger partial charge is 0.343 e. The first kappa shape index (κ1) is 13.9. The van der Waals surface area contributed by atoms with Gasteiger partial charge in [-0.25, -0.2) is 9.37 Å². The SMILES string of the molecule is Cc1c(F)cccc1-c1[nH]c(C(C)C)nc(=S)c1C.